The molecule has 0 saturated heterocycles. The highest BCUT2D eigenvalue weighted by molar-refractivity contribution is 9.10. The number of nitrogens with zero attached hydrogens (tertiary/aromatic N) is 2. The summed E-state index contributed by atoms with van der Waals surface area (Å²) >= 11 is 3.38. The third-order valence-corrected chi connectivity index (χ3v) is 4.07. The van der Waals surface area contributed by atoms with Crippen LogP contribution in [0.4, 0.5) is 0 Å². The van der Waals surface area contributed by atoms with Gasteiger partial charge in [-0.2, -0.15) is 0 Å². The van der Waals surface area contributed by atoms with Crippen LogP contribution in [0.25, 0.3) is 11.5 Å². The Morgan fingerprint density at radius 1 is 1.12 bits per heavy atom. The van der Waals surface area contributed by atoms with Crippen LogP contribution in [0.5, 0.6) is 11.5 Å². The van der Waals surface area contributed by atoms with Crippen molar-refractivity contribution in [1.82, 2.24) is 15.5 Å². The molecule has 1 aliphatic heterocycles. The zero-order chi connectivity index (χ0) is 17.2. The molecule has 1 amide bonds. The Bertz CT molecular complexity index is 941. The summed E-state index contributed by atoms with van der Waals surface area (Å²) in [6, 6.07) is 12.9. The van der Waals surface area contributed by atoms with Crippen molar-refractivity contribution in [3.63, 3.8) is 0 Å². The molecule has 1 aromatic heterocycles. The van der Waals surface area contributed by atoms with Gasteiger partial charge in [0.25, 0.3) is 0 Å². The van der Waals surface area contributed by atoms with E-state index in [4.69, 9.17) is 13.9 Å². The second kappa shape index (κ2) is 6.56. The molecule has 0 unspecified atom stereocenters. The van der Waals surface area contributed by atoms with Crippen LogP contribution in [0, 0.1) is 0 Å². The molecule has 0 saturated carbocycles. The summed E-state index contributed by atoms with van der Waals surface area (Å²) in [7, 11) is 0. The van der Waals surface area contributed by atoms with Gasteiger partial charge in [0, 0.05) is 16.6 Å². The minimum atomic E-state index is -0.439. The van der Waals surface area contributed by atoms with Crippen LogP contribution >= 0.6 is 15.9 Å². The number of hydrogen-bond acceptors (Lipinski definition) is 6. The summed E-state index contributed by atoms with van der Waals surface area (Å²) in [6.45, 7) is 0.523. The molecule has 25 heavy (non-hydrogen) atoms. The Kier molecular flexibility index (Phi) is 4.10. The van der Waals surface area contributed by atoms with Crippen molar-refractivity contribution in [2.24, 2.45) is 0 Å². The molecule has 126 valence electrons. The zero-order valence-corrected chi connectivity index (χ0v) is 14.4. The highest BCUT2D eigenvalue weighted by Gasteiger charge is 2.17. The fourth-order valence-electron chi connectivity index (χ4n) is 2.36. The molecule has 1 aliphatic rings. The van der Waals surface area contributed by atoms with Gasteiger partial charge < -0.3 is 19.2 Å². The summed E-state index contributed by atoms with van der Waals surface area (Å²) in [5.41, 5.74) is 1.61. The molecular formula is C17H12BrN3O4. The molecule has 0 radical (unpaired) electrons. The van der Waals surface area contributed by atoms with Gasteiger partial charge in [-0.05, 0) is 35.9 Å². The first-order valence-electron chi connectivity index (χ1n) is 7.45. The van der Waals surface area contributed by atoms with E-state index in [0.29, 0.717) is 18.0 Å². The maximum Gasteiger partial charge on any atom is 0.309 e. The Morgan fingerprint density at radius 3 is 2.88 bits per heavy atom. The van der Waals surface area contributed by atoms with Crippen LogP contribution in [0.2, 0.25) is 0 Å². The Hall–Kier alpha value is -2.87. The van der Waals surface area contributed by atoms with E-state index in [1.165, 1.54) is 0 Å². The standard InChI is InChI=1S/C17H12BrN3O4/c18-12-3-1-2-11(7-12)16-20-21-17(25-16)15(22)19-8-10-4-5-13-14(6-10)24-9-23-13/h1-7H,8-9H2,(H,19,22). The maximum atomic E-state index is 12.2. The molecular weight excluding hydrogens is 390 g/mol. The second-order valence-corrected chi connectivity index (χ2v) is 6.21. The summed E-state index contributed by atoms with van der Waals surface area (Å²) in [5, 5.41) is 10.5. The van der Waals surface area contributed by atoms with Gasteiger partial charge in [-0.15, -0.1) is 10.2 Å². The number of fused-ring (bicyclic) bond motifs is 1. The number of carbonyl (C=O) groups is 1. The van der Waals surface area contributed by atoms with E-state index in [9.17, 15) is 4.79 Å². The fourth-order valence-corrected chi connectivity index (χ4v) is 2.76. The lowest BCUT2D eigenvalue weighted by atomic mass is 10.2. The van der Waals surface area contributed by atoms with Crippen molar-refractivity contribution in [2.45, 2.75) is 6.54 Å². The zero-order valence-electron chi connectivity index (χ0n) is 12.9. The summed E-state index contributed by atoms with van der Waals surface area (Å²) in [6.07, 6.45) is 0. The van der Waals surface area contributed by atoms with Gasteiger partial charge in [0.2, 0.25) is 12.7 Å². The third kappa shape index (κ3) is 3.34. The molecule has 0 atom stereocenters. The van der Waals surface area contributed by atoms with Crippen molar-refractivity contribution in [3.05, 3.63) is 58.4 Å². The maximum absolute atomic E-state index is 12.2. The number of hydrogen-bond donors (Lipinski definition) is 1. The van der Waals surface area contributed by atoms with Crippen LogP contribution < -0.4 is 14.8 Å². The molecule has 2 heterocycles. The number of rotatable bonds is 4. The molecule has 0 bridgehead atoms. The van der Waals surface area contributed by atoms with Crippen LogP contribution in [0.3, 0.4) is 0 Å². The number of nitrogens with one attached hydrogen (secondary N) is 1. The van der Waals surface area contributed by atoms with E-state index >= 15 is 0 Å². The van der Waals surface area contributed by atoms with Crippen molar-refractivity contribution in [2.75, 3.05) is 6.79 Å². The minimum Gasteiger partial charge on any atom is -0.454 e. The lowest BCUT2D eigenvalue weighted by molar-refractivity contribution is 0.0916. The molecule has 7 nitrogen and oxygen atoms in total. The van der Waals surface area contributed by atoms with E-state index < -0.39 is 5.91 Å². The second-order valence-electron chi connectivity index (χ2n) is 5.29. The van der Waals surface area contributed by atoms with Gasteiger partial charge in [-0.1, -0.05) is 28.1 Å². The van der Waals surface area contributed by atoms with Gasteiger partial charge in [-0.3, -0.25) is 4.79 Å². The van der Waals surface area contributed by atoms with Crippen LogP contribution in [-0.2, 0) is 6.54 Å². The van der Waals surface area contributed by atoms with Crippen molar-refractivity contribution in [1.29, 1.82) is 0 Å². The molecule has 0 fully saturated rings. The minimum absolute atomic E-state index is 0.0873. The Labute approximate surface area is 151 Å². The number of benzene rings is 2. The monoisotopic (exact) mass is 401 g/mol. The number of aromatic nitrogens is 2. The quantitative estimate of drug-likeness (QED) is 0.722. The molecule has 3 aromatic rings. The van der Waals surface area contributed by atoms with E-state index in [1.54, 1.807) is 0 Å². The van der Waals surface area contributed by atoms with E-state index in [1.807, 2.05) is 42.5 Å². The number of ether oxygens (including phenoxy) is 2. The largest absolute Gasteiger partial charge is 0.454 e. The molecule has 1 N–H and O–H groups in total. The lowest BCUT2D eigenvalue weighted by Gasteiger charge is -2.04. The van der Waals surface area contributed by atoms with Crippen LogP contribution in [0.1, 0.15) is 16.2 Å². The van der Waals surface area contributed by atoms with Gasteiger partial charge >= 0.3 is 11.8 Å². The average Bonchev–Trinajstić information content (AvgIpc) is 3.28. The summed E-state index contributed by atoms with van der Waals surface area (Å²) in [4.78, 5) is 12.2. The molecule has 0 aliphatic carbocycles. The highest BCUT2D eigenvalue weighted by atomic mass is 79.9. The summed E-state index contributed by atoms with van der Waals surface area (Å²) in [5.74, 6) is 1.13. The number of carbonyl (C=O) groups excluding carboxylic acids is 1. The SMILES string of the molecule is O=C(NCc1ccc2c(c1)OCO2)c1nnc(-c2cccc(Br)c2)o1. The van der Waals surface area contributed by atoms with Crippen LogP contribution in [-0.4, -0.2) is 22.9 Å². The normalized spacial score (nSPS) is 12.2. The third-order valence-electron chi connectivity index (χ3n) is 3.58. The van der Waals surface area contributed by atoms with Gasteiger partial charge in [0.05, 0.1) is 0 Å². The van der Waals surface area contributed by atoms with Gasteiger partial charge in [0.1, 0.15) is 0 Å². The van der Waals surface area contributed by atoms with Gasteiger partial charge in [0.15, 0.2) is 11.5 Å². The first-order valence-corrected chi connectivity index (χ1v) is 8.24. The molecule has 2 aromatic carbocycles. The number of halogens is 1. The first-order chi connectivity index (χ1) is 12.2. The van der Waals surface area contributed by atoms with Crippen LogP contribution in [0.15, 0.2) is 51.4 Å². The van der Waals surface area contributed by atoms with Crippen molar-refractivity contribution in [3.8, 4) is 23.0 Å². The van der Waals surface area contributed by atoms with Crippen molar-refractivity contribution < 1.29 is 18.7 Å². The predicted molar refractivity (Wildman–Crippen MR) is 91.2 cm³/mol. The molecule has 0 spiro atoms. The summed E-state index contributed by atoms with van der Waals surface area (Å²) < 4.78 is 16.9. The first kappa shape index (κ1) is 15.6. The van der Waals surface area contributed by atoms with E-state index in [2.05, 4.69) is 31.4 Å². The predicted octanol–water partition coefficient (Wildman–Crippen LogP) is 3.16. The Morgan fingerprint density at radius 2 is 2.00 bits per heavy atom. The Balaban J connectivity index is 1.43. The van der Waals surface area contributed by atoms with Crippen molar-refractivity contribution >= 4 is 21.8 Å². The smallest absolute Gasteiger partial charge is 0.309 e. The van der Waals surface area contributed by atoms with E-state index in [-0.39, 0.29) is 18.6 Å². The van der Waals surface area contributed by atoms with E-state index in [0.717, 1.165) is 15.6 Å². The number of amides is 1. The van der Waals surface area contributed by atoms with Gasteiger partial charge in [-0.25, -0.2) is 0 Å². The lowest BCUT2D eigenvalue weighted by Crippen LogP contribution is -2.23. The topological polar surface area (TPSA) is 86.5 Å². The average molecular weight is 402 g/mol. The molecule has 4 rings (SSSR count). The highest BCUT2D eigenvalue weighted by Crippen LogP contribution is 2.32. The fraction of sp³-hybridized carbons (Fsp3) is 0.118. The molecule has 8 heteroatoms.